The predicted molar refractivity (Wildman–Crippen MR) is 117 cm³/mol. The van der Waals surface area contributed by atoms with Crippen molar-refractivity contribution in [1.29, 1.82) is 0 Å². The number of nitrogens with one attached hydrogen (secondary N) is 2. The number of rotatable bonds is 7. The number of hydrogen-bond acceptors (Lipinski definition) is 4. The van der Waals surface area contributed by atoms with E-state index >= 15 is 0 Å². The van der Waals surface area contributed by atoms with Crippen LogP contribution < -0.4 is 10.1 Å². The molecule has 0 aliphatic rings. The number of H-pyrrole nitrogens is 1. The minimum absolute atomic E-state index is 0.0219. The van der Waals surface area contributed by atoms with Gasteiger partial charge < -0.3 is 19.5 Å². The van der Waals surface area contributed by atoms with E-state index in [-0.39, 0.29) is 12.5 Å². The number of amides is 1. The highest BCUT2D eigenvalue weighted by atomic mass is 16.5. The molecule has 2 heterocycles. The van der Waals surface area contributed by atoms with E-state index in [0.29, 0.717) is 12.3 Å². The van der Waals surface area contributed by atoms with E-state index < -0.39 is 0 Å². The first-order chi connectivity index (χ1) is 14.8. The smallest absolute Gasteiger partial charge is 0.257 e. The van der Waals surface area contributed by atoms with Gasteiger partial charge in [0.1, 0.15) is 22.7 Å². The maximum Gasteiger partial charge on any atom is 0.257 e. The van der Waals surface area contributed by atoms with E-state index in [2.05, 4.69) is 15.3 Å². The van der Waals surface area contributed by atoms with Crippen LogP contribution in [-0.2, 0) is 11.2 Å². The van der Waals surface area contributed by atoms with Crippen LogP contribution in [0.2, 0.25) is 0 Å². The van der Waals surface area contributed by atoms with E-state index in [1.165, 1.54) is 0 Å². The Morgan fingerprint density at radius 2 is 1.83 bits per heavy atom. The van der Waals surface area contributed by atoms with Crippen molar-refractivity contribution in [2.75, 3.05) is 13.2 Å². The number of fused-ring (bicyclic) bond motifs is 4. The number of aryl methyl sites for hydroxylation is 1. The standard InChI is InChI=1S/C24H21N3O3/c28-24(25-13-5-10-23-26-19-7-2-3-8-20(19)27-23)15-29-16-11-12-22-18(14-16)17-6-1-4-9-21(17)30-22/h1-4,6-9,11-12,14H,5,10,13,15H2,(H,25,28)(H,26,27). The van der Waals surface area contributed by atoms with Gasteiger partial charge in [-0.1, -0.05) is 30.3 Å². The molecule has 0 radical (unpaired) electrons. The van der Waals surface area contributed by atoms with Gasteiger partial charge >= 0.3 is 0 Å². The molecular formula is C24H21N3O3. The van der Waals surface area contributed by atoms with Gasteiger partial charge in [0.25, 0.3) is 5.91 Å². The summed E-state index contributed by atoms with van der Waals surface area (Å²) in [5, 5.41) is 4.91. The molecule has 6 heteroatoms. The number of hydrogen-bond donors (Lipinski definition) is 2. The summed E-state index contributed by atoms with van der Waals surface area (Å²) in [5.74, 6) is 1.44. The topological polar surface area (TPSA) is 80.2 Å². The van der Waals surface area contributed by atoms with Crippen LogP contribution in [0.25, 0.3) is 33.0 Å². The Morgan fingerprint density at radius 3 is 2.77 bits per heavy atom. The van der Waals surface area contributed by atoms with Crippen molar-refractivity contribution in [3.63, 3.8) is 0 Å². The third-order valence-electron chi connectivity index (χ3n) is 5.07. The van der Waals surface area contributed by atoms with E-state index in [9.17, 15) is 4.79 Å². The maximum absolute atomic E-state index is 12.1. The minimum atomic E-state index is -0.142. The number of carbonyl (C=O) groups is 1. The normalized spacial score (nSPS) is 11.3. The lowest BCUT2D eigenvalue weighted by Gasteiger charge is -2.07. The van der Waals surface area contributed by atoms with Crippen molar-refractivity contribution in [3.05, 3.63) is 72.6 Å². The molecule has 5 aromatic rings. The molecule has 1 amide bonds. The molecule has 0 aliphatic carbocycles. The van der Waals surface area contributed by atoms with Gasteiger partial charge in [0, 0.05) is 23.7 Å². The van der Waals surface area contributed by atoms with Crippen LogP contribution in [-0.4, -0.2) is 29.0 Å². The van der Waals surface area contributed by atoms with Crippen molar-refractivity contribution in [2.45, 2.75) is 12.8 Å². The van der Waals surface area contributed by atoms with E-state index in [0.717, 1.165) is 51.6 Å². The van der Waals surface area contributed by atoms with Crippen LogP contribution in [0.5, 0.6) is 5.75 Å². The van der Waals surface area contributed by atoms with Crippen LogP contribution in [0.1, 0.15) is 12.2 Å². The number of benzene rings is 3. The summed E-state index contributed by atoms with van der Waals surface area (Å²) in [6.45, 7) is 0.552. The molecule has 0 bridgehead atoms. The molecule has 30 heavy (non-hydrogen) atoms. The molecule has 2 aromatic heterocycles. The average Bonchev–Trinajstić information content (AvgIpc) is 3.36. The average molecular weight is 399 g/mol. The van der Waals surface area contributed by atoms with Gasteiger partial charge in [-0.25, -0.2) is 4.98 Å². The lowest BCUT2D eigenvalue weighted by Crippen LogP contribution is -2.29. The lowest BCUT2D eigenvalue weighted by atomic mass is 10.1. The Bertz CT molecular complexity index is 1300. The van der Waals surface area contributed by atoms with Crippen molar-refractivity contribution in [3.8, 4) is 5.75 Å². The molecule has 0 spiro atoms. The Hall–Kier alpha value is -3.80. The second-order valence-corrected chi connectivity index (χ2v) is 7.20. The number of nitrogens with zero attached hydrogens (tertiary/aromatic N) is 1. The molecule has 6 nitrogen and oxygen atoms in total. The van der Waals surface area contributed by atoms with Gasteiger partial charge in [0.05, 0.1) is 11.0 Å². The largest absolute Gasteiger partial charge is 0.484 e. The molecular weight excluding hydrogens is 378 g/mol. The number of imidazole rings is 1. The summed E-state index contributed by atoms with van der Waals surface area (Å²) in [5.41, 5.74) is 3.64. The number of aromatic nitrogens is 2. The quantitative estimate of drug-likeness (QED) is 0.392. The number of furan rings is 1. The van der Waals surface area contributed by atoms with Crippen LogP contribution in [0.15, 0.2) is 71.1 Å². The summed E-state index contributed by atoms with van der Waals surface area (Å²) in [4.78, 5) is 20.0. The Morgan fingerprint density at radius 1 is 1.00 bits per heavy atom. The summed E-state index contributed by atoms with van der Waals surface area (Å²) in [6.07, 6.45) is 1.58. The molecule has 5 rings (SSSR count). The van der Waals surface area contributed by atoms with E-state index in [1.54, 1.807) is 0 Å². The zero-order valence-corrected chi connectivity index (χ0v) is 16.4. The van der Waals surface area contributed by atoms with Gasteiger partial charge in [-0.2, -0.15) is 0 Å². The van der Waals surface area contributed by atoms with Crippen molar-refractivity contribution in [2.24, 2.45) is 0 Å². The Balaban J connectivity index is 1.12. The molecule has 0 unspecified atom stereocenters. The Labute approximate surface area is 172 Å². The molecule has 0 saturated carbocycles. The zero-order chi connectivity index (χ0) is 20.3. The third kappa shape index (κ3) is 3.72. The molecule has 150 valence electrons. The second-order valence-electron chi connectivity index (χ2n) is 7.20. The fourth-order valence-electron chi connectivity index (χ4n) is 3.60. The minimum Gasteiger partial charge on any atom is -0.484 e. The highest BCUT2D eigenvalue weighted by molar-refractivity contribution is 6.05. The lowest BCUT2D eigenvalue weighted by molar-refractivity contribution is -0.123. The van der Waals surface area contributed by atoms with Crippen LogP contribution in [0.4, 0.5) is 0 Å². The zero-order valence-electron chi connectivity index (χ0n) is 16.4. The van der Waals surface area contributed by atoms with Gasteiger partial charge in [-0.15, -0.1) is 0 Å². The summed E-state index contributed by atoms with van der Waals surface area (Å²) in [6, 6.07) is 21.4. The number of ether oxygens (including phenoxy) is 1. The van der Waals surface area contributed by atoms with Crippen LogP contribution >= 0.6 is 0 Å². The fraction of sp³-hybridized carbons (Fsp3) is 0.167. The monoisotopic (exact) mass is 399 g/mol. The van der Waals surface area contributed by atoms with Gasteiger partial charge in [0.2, 0.25) is 0 Å². The maximum atomic E-state index is 12.1. The number of para-hydroxylation sites is 3. The van der Waals surface area contributed by atoms with Crippen molar-refractivity contribution < 1.29 is 13.9 Å². The summed E-state index contributed by atoms with van der Waals surface area (Å²) < 4.78 is 11.5. The molecule has 0 saturated heterocycles. The summed E-state index contributed by atoms with van der Waals surface area (Å²) >= 11 is 0. The van der Waals surface area contributed by atoms with Crippen LogP contribution in [0.3, 0.4) is 0 Å². The van der Waals surface area contributed by atoms with Crippen molar-refractivity contribution >= 4 is 38.9 Å². The van der Waals surface area contributed by atoms with Gasteiger partial charge in [-0.05, 0) is 42.8 Å². The number of carbonyl (C=O) groups excluding carboxylic acids is 1. The first-order valence-corrected chi connectivity index (χ1v) is 10.0. The van der Waals surface area contributed by atoms with Gasteiger partial charge in [-0.3, -0.25) is 4.79 Å². The summed E-state index contributed by atoms with van der Waals surface area (Å²) in [7, 11) is 0. The molecule has 0 fully saturated rings. The third-order valence-corrected chi connectivity index (χ3v) is 5.07. The number of aromatic amines is 1. The molecule has 3 aromatic carbocycles. The van der Waals surface area contributed by atoms with Crippen molar-refractivity contribution in [1.82, 2.24) is 15.3 Å². The molecule has 2 N–H and O–H groups in total. The first-order valence-electron chi connectivity index (χ1n) is 10.0. The fourth-order valence-corrected chi connectivity index (χ4v) is 3.60. The van der Waals surface area contributed by atoms with E-state index in [4.69, 9.17) is 9.15 Å². The van der Waals surface area contributed by atoms with Crippen LogP contribution in [0, 0.1) is 0 Å². The highest BCUT2D eigenvalue weighted by Crippen LogP contribution is 2.31. The van der Waals surface area contributed by atoms with Gasteiger partial charge in [0.15, 0.2) is 6.61 Å². The van der Waals surface area contributed by atoms with E-state index in [1.807, 2.05) is 66.7 Å². The second kappa shape index (κ2) is 7.91. The molecule has 0 atom stereocenters. The molecule has 0 aliphatic heterocycles. The SMILES string of the molecule is O=C(COc1ccc2oc3ccccc3c2c1)NCCCc1nc2ccccc2[nH]1. The Kier molecular flexibility index (Phi) is 4.81. The first kappa shape index (κ1) is 18.2. The highest BCUT2D eigenvalue weighted by Gasteiger charge is 2.09. The predicted octanol–water partition coefficient (Wildman–Crippen LogP) is 4.59.